The molecule has 88 valence electrons. The van der Waals surface area contributed by atoms with Gasteiger partial charge in [-0.15, -0.1) is 0 Å². The van der Waals surface area contributed by atoms with Crippen molar-refractivity contribution >= 4 is 11.9 Å². The van der Waals surface area contributed by atoms with E-state index in [2.05, 4.69) is 5.43 Å². The summed E-state index contributed by atoms with van der Waals surface area (Å²) in [6, 6.07) is -0.284. The number of rotatable bonds is 7. The first-order valence-corrected chi connectivity index (χ1v) is 4.63. The second-order valence-corrected chi connectivity index (χ2v) is 3.33. The molecule has 7 heteroatoms. The number of carbonyl (C=O) groups excluding carboxylic acids is 1. The van der Waals surface area contributed by atoms with Crippen LogP contribution in [0.5, 0.6) is 0 Å². The Hall–Kier alpha value is -1.18. The van der Waals surface area contributed by atoms with Crippen LogP contribution in [0.25, 0.3) is 0 Å². The Morgan fingerprint density at radius 1 is 1.53 bits per heavy atom. The molecule has 0 rings (SSSR count). The minimum absolute atomic E-state index is 0.140. The van der Waals surface area contributed by atoms with Crippen molar-refractivity contribution in [2.75, 3.05) is 20.1 Å². The molecule has 7 nitrogen and oxygen atoms in total. The fraction of sp³-hybridized carbons (Fsp3) is 0.750. The van der Waals surface area contributed by atoms with Gasteiger partial charge in [-0.1, -0.05) is 0 Å². The highest BCUT2D eigenvalue weighted by Gasteiger charge is 2.11. The van der Waals surface area contributed by atoms with Gasteiger partial charge in [-0.25, -0.2) is 5.01 Å². The van der Waals surface area contributed by atoms with Crippen LogP contribution in [0.4, 0.5) is 0 Å². The highest BCUT2D eigenvalue weighted by atomic mass is 16.4. The summed E-state index contributed by atoms with van der Waals surface area (Å²) < 4.78 is 0. The Kier molecular flexibility index (Phi) is 6.59. The number of carboxylic acid groups (broad SMARTS) is 1. The zero-order chi connectivity index (χ0) is 11.8. The van der Waals surface area contributed by atoms with Crippen LogP contribution in [-0.4, -0.2) is 48.2 Å². The van der Waals surface area contributed by atoms with Gasteiger partial charge in [-0.3, -0.25) is 15.0 Å². The molecule has 6 N–H and O–H groups in total. The van der Waals surface area contributed by atoms with E-state index in [4.69, 9.17) is 16.6 Å². The number of nitrogens with zero attached hydrogens (tertiary/aromatic N) is 1. The van der Waals surface area contributed by atoms with Crippen LogP contribution in [-0.2, 0) is 9.59 Å². The number of aliphatic carboxylic acids is 1. The lowest BCUT2D eigenvalue weighted by Crippen LogP contribution is -2.44. The minimum atomic E-state index is -1.01. The lowest BCUT2D eigenvalue weighted by atomic mass is 10.1. The molecule has 0 aromatic rings. The number of amides is 1. The van der Waals surface area contributed by atoms with Gasteiger partial charge < -0.3 is 16.6 Å². The van der Waals surface area contributed by atoms with Crippen LogP contribution in [0.2, 0.25) is 0 Å². The summed E-state index contributed by atoms with van der Waals surface area (Å²) in [4.78, 5) is 21.5. The first kappa shape index (κ1) is 13.8. The zero-order valence-corrected chi connectivity index (χ0v) is 8.77. The van der Waals surface area contributed by atoms with Crippen LogP contribution >= 0.6 is 0 Å². The van der Waals surface area contributed by atoms with Crippen molar-refractivity contribution in [1.82, 2.24) is 10.4 Å². The van der Waals surface area contributed by atoms with E-state index in [1.165, 1.54) is 12.1 Å². The molecule has 0 fully saturated rings. The lowest BCUT2D eigenvalue weighted by Gasteiger charge is -2.17. The molecular formula is C8H18N4O3. The average Bonchev–Trinajstić information content (AvgIpc) is 2.00. The predicted octanol–water partition coefficient (Wildman–Crippen LogP) is -1.90. The maximum absolute atomic E-state index is 11.3. The number of hydrogen-bond acceptors (Lipinski definition) is 5. The van der Waals surface area contributed by atoms with Gasteiger partial charge >= 0.3 is 5.97 Å². The zero-order valence-electron chi connectivity index (χ0n) is 8.77. The summed E-state index contributed by atoms with van der Waals surface area (Å²) >= 11 is 0. The van der Waals surface area contributed by atoms with E-state index >= 15 is 0 Å². The van der Waals surface area contributed by atoms with Gasteiger partial charge in [0, 0.05) is 19.5 Å². The molecule has 0 aromatic heterocycles. The molecule has 0 spiro atoms. The summed E-state index contributed by atoms with van der Waals surface area (Å²) in [5.41, 5.74) is 13.3. The smallest absolute Gasteiger partial charge is 0.319 e. The van der Waals surface area contributed by atoms with E-state index < -0.39 is 5.97 Å². The molecule has 1 amide bonds. The van der Waals surface area contributed by atoms with E-state index in [1.807, 2.05) is 0 Å². The Bertz CT molecular complexity index is 222. The molecule has 0 unspecified atom stereocenters. The molecule has 0 saturated heterocycles. The monoisotopic (exact) mass is 218 g/mol. The molecule has 0 aliphatic carbocycles. The third-order valence-corrected chi connectivity index (χ3v) is 1.67. The number of hydrazine groups is 1. The molecule has 0 aliphatic rings. The van der Waals surface area contributed by atoms with Crippen molar-refractivity contribution in [3.05, 3.63) is 0 Å². The quantitative estimate of drug-likeness (QED) is 0.370. The van der Waals surface area contributed by atoms with E-state index in [-0.39, 0.29) is 24.9 Å². The van der Waals surface area contributed by atoms with Gasteiger partial charge in [0.2, 0.25) is 5.91 Å². The van der Waals surface area contributed by atoms with Crippen molar-refractivity contribution in [1.29, 1.82) is 0 Å². The molecule has 0 aromatic carbocycles. The molecule has 15 heavy (non-hydrogen) atoms. The predicted molar refractivity (Wildman–Crippen MR) is 54.7 cm³/mol. The summed E-state index contributed by atoms with van der Waals surface area (Å²) in [7, 11) is 1.47. The van der Waals surface area contributed by atoms with Gasteiger partial charge in [0.1, 0.15) is 6.54 Å². The summed E-state index contributed by atoms with van der Waals surface area (Å²) in [5, 5.41) is 9.62. The van der Waals surface area contributed by atoms with E-state index in [0.717, 1.165) is 0 Å². The standard InChI is InChI=1S/C8H18N4O3/c1-12(5-8(14)15)11-7(13)4-6(10)2-3-9/h6H,2-5,9-10H2,1H3,(H,11,13)(H,14,15)/t6-/m0/s1. The van der Waals surface area contributed by atoms with Gasteiger partial charge in [-0.05, 0) is 13.0 Å². The molecule has 0 bridgehead atoms. The maximum atomic E-state index is 11.3. The topological polar surface area (TPSA) is 122 Å². The van der Waals surface area contributed by atoms with Gasteiger partial charge in [0.15, 0.2) is 0 Å². The van der Waals surface area contributed by atoms with Crippen molar-refractivity contribution in [3.8, 4) is 0 Å². The first-order valence-electron chi connectivity index (χ1n) is 4.63. The second-order valence-electron chi connectivity index (χ2n) is 3.33. The second kappa shape index (κ2) is 7.16. The number of nitrogens with two attached hydrogens (primary N) is 2. The number of nitrogens with one attached hydrogen (secondary N) is 1. The molecule has 0 aliphatic heterocycles. The van der Waals surface area contributed by atoms with Crippen molar-refractivity contribution < 1.29 is 14.7 Å². The van der Waals surface area contributed by atoms with Gasteiger partial charge in [-0.2, -0.15) is 0 Å². The molecule has 0 saturated carbocycles. The first-order chi connectivity index (χ1) is 6.95. The number of carbonyl (C=O) groups is 2. The van der Waals surface area contributed by atoms with Crippen LogP contribution in [0.15, 0.2) is 0 Å². The Labute approximate surface area is 88.4 Å². The Morgan fingerprint density at radius 3 is 2.60 bits per heavy atom. The number of hydrogen-bond donors (Lipinski definition) is 4. The Morgan fingerprint density at radius 2 is 2.13 bits per heavy atom. The summed E-state index contributed by atoms with van der Waals surface area (Å²) in [6.07, 6.45) is 0.706. The fourth-order valence-electron chi connectivity index (χ4n) is 1.06. The van der Waals surface area contributed by atoms with Gasteiger partial charge in [0.05, 0.1) is 0 Å². The van der Waals surface area contributed by atoms with Crippen molar-refractivity contribution in [2.24, 2.45) is 11.5 Å². The fourth-order valence-corrected chi connectivity index (χ4v) is 1.06. The molecule has 1 atom stereocenters. The highest BCUT2D eigenvalue weighted by Crippen LogP contribution is 1.93. The third-order valence-electron chi connectivity index (χ3n) is 1.67. The molecule has 0 radical (unpaired) electrons. The van der Waals surface area contributed by atoms with Crippen LogP contribution in [0, 0.1) is 0 Å². The normalized spacial score (nSPS) is 12.5. The molecular weight excluding hydrogens is 200 g/mol. The molecule has 0 heterocycles. The van der Waals surface area contributed by atoms with E-state index in [0.29, 0.717) is 13.0 Å². The van der Waals surface area contributed by atoms with Crippen LogP contribution in [0.1, 0.15) is 12.8 Å². The van der Waals surface area contributed by atoms with Crippen LogP contribution in [0.3, 0.4) is 0 Å². The van der Waals surface area contributed by atoms with E-state index in [1.54, 1.807) is 0 Å². The third kappa shape index (κ3) is 7.86. The van der Waals surface area contributed by atoms with E-state index in [9.17, 15) is 9.59 Å². The lowest BCUT2D eigenvalue weighted by molar-refractivity contribution is -0.139. The van der Waals surface area contributed by atoms with Crippen LogP contribution < -0.4 is 16.9 Å². The highest BCUT2D eigenvalue weighted by molar-refractivity contribution is 5.76. The average molecular weight is 218 g/mol. The Balaban J connectivity index is 3.77. The SMILES string of the molecule is CN(CC(=O)O)NC(=O)C[C@@H](N)CCN. The largest absolute Gasteiger partial charge is 0.480 e. The summed E-state index contributed by atoms with van der Waals surface area (Å²) in [5.74, 6) is -1.32. The van der Waals surface area contributed by atoms with Gasteiger partial charge in [0.25, 0.3) is 0 Å². The number of carboxylic acids is 1. The summed E-state index contributed by atoms with van der Waals surface area (Å²) in [6.45, 7) is 0.178. The minimum Gasteiger partial charge on any atom is -0.480 e. The maximum Gasteiger partial charge on any atom is 0.319 e. The van der Waals surface area contributed by atoms with Crippen molar-refractivity contribution in [3.63, 3.8) is 0 Å². The van der Waals surface area contributed by atoms with Crippen molar-refractivity contribution in [2.45, 2.75) is 18.9 Å². The number of likely N-dealkylation sites (N-methyl/N-ethyl adjacent to an activating group) is 1.